The van der Waals surface area contributed by atoms with Crippen LogP contribution in [0.2, 0.25) is 0 Å². The van der Waals surface area contributed by atoms with Crippen molar-refractivity contribution in [3.05, 3.63) is 35.6 Å². The summed E-state index contributed by atoms with van der Waals surface area (Å²) in [6.45, 7) is -0.352. The van der Waals surface area contributed by atoms with E-state index in [1.54, 1.807) is 6.07 Å². The van der Waals surface area contributed by atoms with Crippen LogP contribution in [0.5, 0.6) is 0 Å². The predicted molar refractivity (Wildman–Crippen MR) is 70.5 cm³/mol. The van der Waals surface area contributed by atoms with Gasteiger partial charge in [0.05, 0.1) is 24.3 Å². The summed E-state index contributed by atoms with van der Waals surface area (Å²) in [6.07, 6.45) is 2.43. The largest absolute Gasteiger partial charge is 0.394 e. The lowest BCUT2D eigenvalue weighted by molar-refractivity contribution is -0.124. The van der Waals surface area contributed by atoms with Crippen LogP contribution in [0.4, 0.5) is 4.39 Å². The minimum atomic E-state index is -0.634. The van der Waals surface area contributed by atoms with Gasteiger partial charge in [-0.2, -0.15) is 0 Å². The van der Waals surface area contributed by atoms with Gasteiger partial charge in [0, 0.05) is 0 Å². The molecule has 0 heterocycles. The summed E-state index contributed by atoms with van der Waals surface area (Å²) in [5.41, 5.74) is -0.638. The van der Waals surface area contributed by atoms with Gasteiger partial charge in [0.15, 0.2) is 0 Å². The summed E-state index contributed by atoms with van der Waals surface area (Å²) in [7, 11) is 0. The molecule has 6 heteroatoms. The van der Waals surface area contributed by atoms with Gasteiger partial charge in [-0.3, -0.25) is 9.59 Å². The van der Waals surface area contributed by atoms with Gasteiger partial charge in [0.2, 0.25) is 5.91 Å². The lowest BCUT2D eigenvalue weighted by Gasteiger charge is -2.40. The molecule has 0 bridgehead atoms. The van der Waals surface area contributed by atoms with Gasteiger partial charge in [-0.15, -0.1) is 0 Å². The van der Waals surface area contributed by atoms with Crippen molar-refractivity contribution in [1.82, 2.24) is 10.6 Å². The summed E-state index contributed by atoms with van der Waals surface area (Å²) in [4.78, 5) is 23.4. The van der Waals surface area contributed by atoms with Crippen LogP contribution in [0.3, 0.4) is 0 Å². The van der Waals surface area contributed by atoms with E-state index in [4.69, 9.17) is 0 Å². The minimum absolute atomic E-state index is 0.0965. The zero-order valence-electron chi connectivity index (χ0n) is 11.0. The van der Waals surface area contributed by atoms with Crippen molar-refractivity contribution in [2.45, 2.75) is 24.8 Å². The molecular formula is C14H17FN2O3. The molecule has 2 rings (SSSR count). The maximum atomic E-state index is 13.4. The first kappa shape index (κ1) is 14.5. The fourth-order valence-electron chi connectivity index (χ4n) is 2.17. The minimum Gasteiger partial charge on any atom is -0.394 e. The Balaban J connectivity index is 1.84. The zero-order valence-corrected chi connectivity index (χ0v) is 11.0. The highest BCUT2D eigenvalue weighted by Crippen LogP contribution is 2.30. The van der Waals surface area contributed by atoms with E-state index in [1.165, 1.54) is 18.2 Å². The van der Waals surface area contributed by atoms with Crippen LogP contribution in [-0.2, 0) is 4.79 Å². The maximum absolute atomic E-state index is 13.4. The first-order valence-corrected chi connectivity index (χ1v) is 6.51. The summed E-state index contributed by atoms with van der Waals surface area (Å²) >= 11 is 0. The van der Waals surface area contributed by atoms with E-state index < -0.39 is 17.3 Å². The Bertz CT molecular complexity index is 509. The summed E-state index contributed by atoms with van der Waals surface area (Å²) < 4.78 is 13.4. The second kappa shape index (κ2) is 6.00. The number of aliphatic hydroxyl groups excluding tert-OH is 1. The molecule has 108 valence electrons. The van der Waals surface area contributed by atoms with Crippen LogP contribution in [-0.4, -0.2) is 35.6 Å². The Morgan fingerprint density at radius 3 is 2.55 bits per heavy atom. The fraction of sp³-hybridized carbons (Fsp3) is 0.429. The van der Waals surface area contributed by atoms with E-state index in [0.29, 0.717) is 0 Å². The standard InChI is InChI=1S/C14H17FN2O3/c15-11-5-2-1-4-10(11)13(20)16-8-12(19)17-14(9-18)6-3-7-14/h1-2,4-5,18H,3,6-9H2,(H,16,20)(H,17,19). The monoisotopic (exact) mass is 280 g/mol. The lowest BCUT2D eigenvalue weighted by Crippen LogP contribution is -2.57. The number of hydrogen-bond donors (Lipinski definition) is 3. The molecule has 1 saturated carbocycles. The lowest BCUT2D eigenvalue weighted by atomic mass is 9.77. The number of hydrogen-bond acceptors (Lipinski definition) is 3. The van der Waals surface area contributed by atoms with Crippen molar-refractivity contribution < 1.29 is 19.1 Å². The van der Waals surface area contributed by atoms with E-state index in [2.05, 4.69) is 10.6 Å². The Hall–Kier alpha value is -1.95. The predicted octanol–water partition coefficient (Wildman–Crippen LogP) is 0.587. The molecule has 0 unspecified atom stereocenters. The molecule has 0 atom stereocenters. The molecule has 20 heavy (non-hydrogen) atoms. The number of halogens is 1. The van der Waals surface area contributed by atoms with E-state index in [-0.39, 0.29) is 24.6 Å². The molecule has 1 aromatic rings. The van der Waals surface area contributed by atoms with Crippen LogP contribution in [0.25, 0.3) is 0 Å². The van der Waals surface area contributed by atoms with Crippen LogP contribution in [0, 0.1) is 5.82 Å². The molecule has 1 aliphatic rings. The van der Waals surface area contributed by atoms with E-state index in [1.807, 2.05) is 0 Å². The van der Waals surface area contributed by atoms with Gasteiger partial charge in [0.25, 0.3) is 5.91 Å². The highest BCUT2D eigenvalue weighted by molar-refractivity contribution is 5.96. The topological polar surface area (TPSA) is 78.4 Å². The number of benzene rings is 1. The van der Waals surface area contributed by atoms with E-state index in [9.17, 15) is 19.1 Å². The van der Waals surface area contributed by atoms with Crippen LogP contribution < -0.4 is 10.6 Å². The van der Waals surface area contributed by atoms with Gasteiger partial charge in [-0.25, -0.2) is 4.39 Å². The number of carbonyl (C=O) groups excluding carboxylic acids is 2. The fourth-order valence-corrected chi connectivity index (χ4v) is 2.17. The van der Waals surface area contributed by atoms with E-state index in [0.717, 1.165) is 19.3 Å². The molecule has 1 fully saturated rings. The number of rotatable bonds is 5. The Morgan fingerprint density at radius 1 is 1.30 bits per heavy atom. The molecule has 0 aliphatic heterocycles. The molecular weight excluding hydrogens is 263 g/mol. The third-order valence-electron chi connectivity index (χ3n) is 3.55. The molecule has 0 radical (unpaired) electrons. The normalized spacial score (nSPS) is 16.1. The Morgan fingerprint density at radius 2 is 2.00 bits per heavy atom. The van der Waals surface area contributed by atoms with Crippen molar-refractivity contribution >= 4 is 11.8 Å². The number of amides is 2. The van der Waals surface area contributed by atoms with Gasteiger partial charge in [0.1, 0.15) is 5.82 Å². The van der Waals surface area contributed by atoms with Crippen LogP contribution in [0.1, 0.15) is 29.6 Å². The molecule has 0 saturated heterocycles. The summed E-state index contributed by atoms with van der Waals surface area (Å²) in [5.74, 6) is -1.65. The average Bonchev–Trinajstić information content (AvgIpc) is 2.41. The summed E-state index contributed by atoms with van der Waals surface area (Å²) in [6, 6.07) is 5.57. The third-order valence-corrected chi connectivity index (χ3v) is 3.55. The average molecular weight is 280 g/mol. The van der Waals surface area contributed by atoms with Crippen LogP contribution >= 0.6 is 0 Å². The van der Waals surface area contributed by atoms with E-state index >= 15 is 0 Å². The van der Waals surface area contributed by atoms with Gasteiger partial charge in [-0.1, -0.05) is 12.1 Å². The summed E-state index contributed by atoms with van der Waals surface area (Å²) in [5, 5.41) is 14.3. The molecule has 2 amide bonds. The highest BCUT2D eigenvalue weighted by atomic mass is 19.1. The molecule has 1 aliphatic carbocycles. The number of aliphatic hydroxyl groups is 1. The first-order valence-electron chi connectivity index (χ1n) is 6.51. The van der Waals surface area contributed by atoms with Crippen molar-refractivity contribution in [2.75, 3.05) is 13.2 Å². The SMILES string of the molecule is O=C(CNC(=O)c1ccccc1F)NC1(CO)CCC1. The first-order chi connectivity index (χ1) is 9.56. The van der Waals surface area contributed by atoms with Crippen molar-refractivity contribution in [2.24, 2.45) is 0 Å². The van der Waals surface area contributed by atoms with Crippen molar-refractivity contribution in [1.29, 1.82) is 0 Å². The van der Waals surface area contributed by atoms with Crippen LogP contribution in [0.15, 0.2) is 24.3 Å². The van der Waals surface area contributed by atoms with Crippen molar-refractivity contribution in [3.8, 4) is 0 Å². The van der Waals surface area contributed by atoms with Gasteiger partial charge < -0.3 is 15.7 Å². The quantitative estimate of drug-likeness (QED) is 0.738. The smallest absolute Gasteiger partial charge is 0.254 e. The van der Waals surface area contributed by atoms with Gasteiger partial charge >= 0.3 is 0 Å². The second-order valence-electron chi connectivity index (χ2n) is 5.00. The Kier molecular flexibility index (Phi) is 4.34. The maximum Gasteiger partial charge on any atom is 0.254 e. The second-order valence-corrected chi connectivity index (χ2v) is 5.00. The Labute approximate surface area is 116 Å². The molecule has 0 spiro atoms. The number of nitrogens with one attached hydrogen (secondary N) is 2. The number of carbonyl (C=O) groups is 2. The molecule has 5 nitrogen and oxygen atoms in total. The third kappa shape index (κ3) is 3.14. The molecule has 0 aromatic heterocycles. The highest BCUT2D eigenvalue weighted by Gasteiger charge is 2.37. The molecule has 3 N–H and O–H groups in total. The van der Waals surface area contributed by atoms with Crippen molar-refractivity contribution in [3.63, 3.8) is 0 Å². The van der Waals surface area contributed by atoms with Gasteiger partial charge in [-0.05, 0) is 31.4 Å². The molecule has 1 aromatic carbocycles. The zero-order chi connectivity index (χ0) is 14.6.